The van der Waals surface area contributed by atoms with E-state index in [9.17, 15) is 13.2 Å². The first-order valence-corrected chi connectivity index (χ1v) is 4.96. The molecule has 2 aromatic carbocycles. The van der Waals surface area contributed by atoms with Crippen molar-refractivity contribution in [1.82, 2.24) is 0 Å². The molecule has 0 saturated carbocycles. The molecule has 0 amide bonds. The Morgan fingerprint density at radius 2 is 1.25 bits per heavy atom. The first-order chi connectivity index (χ1) is 7.58. The van der Waals surface area contributed by atoms with Gasteiger partial charge < -0.3 is 0 Å². The Hall–Kier alpha value is -1.42. The lowest BCUT2D eigenvalue weighted by atomic mass is 10.1. The fourth-order valence-corrected chi connectivity index (χ4v) is 1.53. The Bertz CT molecular complexity index is 497. The Balaban J connectivity index is 2.52. The van der Waals surface area contributed by atoms with Crippen molar-refractivity contribution < 1.29 is 13.2 Å². The molecule has 2 rings (SSSR count). The zero-order valence-electron chi connectivity index (χ0n) is 8.05. The Kier molecular flexibility index (Phi) is 2.92. The minimum Gasteiger partial charge on any atom is -0.204 e. The summed E-state index contributed by atoms with van der Waals surface area (Å²) < 4.78 is 38.7. The molecule has 0 aliphatic heterocycles. The molecule has 82 valence electrons. The Morgan fingerprint density at radius 3 is 1.75 bits per heavy atom. The number of benzene rings is 2. The summed E-state index contributed by atoms with van der Waals surface area (Å²) in [6.07, 6.45) is 0. The van der Waals surface area contributed by atoms with Crippen LogP contribution in [-0.4, -0.2) is 0 Å². The quantitative estimate of drug-likeness (QED) is 0.564. The van der Waals surface area contributed by atoms with Crippen molar-refractivity contribution in [2.75, 3.05) is 0 Å². The normalized spacial score (nSPS) is 10.5. The number of hydrogen-bond donors (Lipinski definition) is 1. The van der Waals surface area contributed by atoms with Gasteiger partial charge in [0.05, 0.1) is 0 Å². The Labute approximate surface area is 96.1 Å². The molecule has 0 fully saturated rings. The highest BCUT2D eigenvalue weighted by Gasteiger charge is 2.11. The van der Waals surface area contributed by atoms with Crippen LogP contribution in [0.4, 0.5) is 13.2 Å². The second-order valence-corrected chi connectivity index (χ2v) is 3.82. The zero-order valence-corrected chi connectivity index (χ0v) is 8.94. The van der Waals surface area contributed by atoms with Crippen LogP contribution in [0.5, 0.6) is 0 Å². The maximum Gasteiger partial charge on any atom is 0.194 e. The molecule has 0 atom stereocenters. The molecular weight excluding hydrogens is 233 g/mol. The first-order valence-electron chi connectivity index (χ1n) is 4.52. The van der Waals surface area contributed by atoms with E-state index in [-0.39, 0.29) is 0 Å². The van der Waals surface area contributed by atoms with Gasteiger partial charge in [-0.3, -0.25) is 0 Å². The van der Waals surface area contributed by atoms with Crippen LogP contribution in [0.25, 0.3) is 11.1 Å². The van der Waals surface area contributed by atoms with E-state index in [1.54, 1.807) is 24.3 Å². The molecule has 4 heteroatoms. The van der Waals surface area contributed by atoms with Crippen molar-refractivity contribution in [2.24, 2.45) is 0 Å². The van der Waals surface area contributed by atoms with Crippen LogP contribution in [0.15, 0.2) is 41.3 Å². The van der Waals surface area contributed by atoms with E-state index >= 15 is 0 Å². The minimum atomic E-state index is -1.45. The Morgan fingerprint density at radius 1 is 0.750 bits per heavy atom. The van der Waals surface area contributed by atoms with E-state index in [1.807, 2.05) is 0 Å². The molecule has 0 nitrogen and oxygen atoms in total. The van der Waals surface area contributed by atoms with Crippen molar-refractivity contribution in [3.63, 3.8) is 0 Å². The van der Waals surface area contributed by atoms with Gasteiger partial charge in [-0.05, 0) is 35.4 Å². The third kappa shape index (κ3) is 2.07. The molecule has 0 aromatic heterocycles. The van der Waals surface area contributed by atoms with Crippen molar-refractivity contribution in [3.8, 4) is 11.1 Å². The number of halogens is 3. The van der Waals surface area contributed by atoms with E-state index < -0.39 is 17.5 Å². The van der Waals surface area contributed by atoms with E-state index in [0.29, 0.717) is 11.1 Å². The first kappa shape index (κ1) is 11.1. The number of thiol groups is 1. The van der Waals surface area contributed by atoms with E-state index in [4.69, 9.17) is 0 Å². The third-order valence-corrected chi connectivity index (χ3v) is 2.48. The van der Waals surface area contributed by atoms with Gasteiger partial charge in [0.15, 0.2) is 17.5 Å². The van der Waals surface area contributed by atoms with Gasteiger partial charge in [0.25, 0.3) is 0 Å². The smallest absolute Gasteiger partial charge is 0.194 e. The molecule has 2 aromatic rings. The molecule has 0 spiro atoms. The molecule has 0 aliphatic rings. The molecule has 0 saturated heterocycles. The summed E-state index contributed by atoms with van der Waals surface area (Å²) in [5, 5.41) is 0. The van der Waals surface area contributed by atoms with Gasteiger partial charge in [0, 0.05) is 4.90 Å². The second kappa shape index (κ2) is 4.22. The molecular formula is C12H7F3S. The molecule has 0 unspecified atom stereocenters. The van der Waals surface area contributed by atoms with E-state index in [1.165, 1.54) is 0 Å². The van der Waals surface area contributed by atoms with Crippen molar-refractivity contribution in [2.45, 2.75) is 4.90 Å². The highest BCUT2D eigenvalue weighted by atomic mass is 32.1. The summed E-state index contributed by atoms with van der Waals surface area (Å²) in [7, 11) is 0. The van der Waals surface area contributed by atoms with Gasteiger partial charge >= 0.3 is 0 Å². The summed E-state index contributed by atoms with van der Waals surface area (Å²) in [6.45, 7) is 0. The zero-order chi connectivity index (χ0) is 11.7. The highest BCUT2D eigenvalue weighted by molar-refractivity contribution is 7.80. The second-order valence-electron chi connectivity index (χ2n) is 3.30. The van der Waals surface area contributed by atoms with Crippen molar-refractivity contribution in [3.05, 3.63) is 53.8 Å². The molecule has 0 radical (unpaired) electrons. The summed E-state index contributed by atoms with van der Waals surface area (Å²) in [4.78, 5) is 0.742. The molecule has 0 bridgehead atoms. The van der Waals surface area contributed by atoms with E-state index in [0.717, 1.165) is 17.0 Å². The predicted molar refractivity (Wildman–Crippen MR) is 59.0 cm³/mol. The van der Waals surface area contributed by atoms with Crippen LogP contribution >= 0.6 is 12.6 Å². The summed E-state index contributed by atoms with van der Waals surface area (Å²) in [5.74, 6) is -3.83. The number of hydrogen-bond acceptors (Lipinski definition) is 1. The van der Waals surface area contributed by atoms with Gasteiger partial charge in [0.1, 0.15) is 0 Å². The topological polar surface area (TPSA) is 0 Å². The maximum atomic E-state index is 13.0. The lowest BCUT2D eigenvalue weighted by molar-refractivity contribution is 0.448. The van der Waals surface area contributed by atoms with Gasteiger partial charge in [-0.15, -0.1) is 12.6 Å². The molecule has 0 aliphatic carbocycles. The van der Waals surface area contributed by atoms with Crippen LogP contribution in [0.1, 0.15) is 0 Å². The van der Waals surface area contributed by atoms with Crippen LogP contribution in [-0.2, 0) is 0 Å². The van der Waals surface area contributed by atoms with E-state index in [2.05, 4.69) is 12.6 Å². The van der Waals surface area contributed by atoms with Crippen LogP contribution in [0, 0.1) is 17.5 Å². The van der Waals surface area contributed by atoms with Crippen molar-refractivity contribution in [1.29, 1.82) is 0 Å². The average Bonchev–Trinajstić information content (AvgIpc) is 2.26. The van der Waals surface area contributed by atoms with Crippen LogP contribution in [0.2, 0.25) is 0 Å². The van der Waals surface area contributed by atoms with Crippen LogP contribution < -0.4 is 0 Å². The van der Waals surface area contributed by atoms with Gasteiger partial charge in [-0.1, -0.05) is 12.1 Å². The molecule has 16 heavy (non-hydrogen) atoms. The lowest BCUT2D eigenvalue weighted by Gasteiger charge is -2.03. The average molecular weight is 240 g/mol. The summed E-state index contributed by atoms with van der Waals surface area (Å²) >= 11 is 4.09. The summed E-state index contributed by atoms with van der Waals surface area (Å²) in [5.41, 5.74) is 0.903. The largest absolute Gasteiger partial charge is 0.204 e. The van der Waals surface area contributed by atoms with Gasteiger partial charge in [-0.2, -0.15) is 0 Å². The maximum absolute atomic E-state index is 13.0. The predicted octanol–water partition coefficient (Wildman–Crippen LogP) is 4.06. The van der Waals surface area contributed by atoms with Gasteiger partial charge in [0.2, 0.25) is 0 Å². The number of rotatable bonds is 1. The molecule has 0 heterocycles. The minimum absolute atomic E-state index is 0.296. The monoisotopic (exact) mass is 240 g/mol. The fraction of sp³-hybridized carbons (Fsp3) is 0. The summed E-state index contributed by atoms with van der Waals surface area (Å²) in [6, 6.07) is 8.63. The van der Waals surface area contributed by atoms with Gasteiger partial charge in [-0.25, -0.2) is 13.2 Å². The third-order valence-electron chi connectivity index (χ3n) is 2.18. The molecule has 0 N–H and O–H groups in total. The highest BCUT2D eigenvalue weighted by Crippen LogP contribution is 2.24. The SMILES string of the molecule is Fc1cc(-c2ccc(S)cc2)cc(F)c1F. The van der Waals surface area contributed by atoms with Crippen LogP contribution in [0.3, 0.4) is 0 Å². The fourth-order valence-electron chi connectivity index (χ4n) is 1.38. The lowest BCUT2D eigenvalue weighted by Crippen LogP contribution is -1.91. The standard InChI is InChI=1S/C12H7F3S/c13-10-5-8(6-11(14)12(10)15)7-1-3-9(16)4-2-7/h1-6,16H. The van der Waals surface area contributed by atoms with Crippen molar-refractivity contribution >= 4 is 12.6 Å².